The van der Waals surface area contributed by atoms with E-state index in [0.717, 1.165) is 31.0 Å². The molecule has 3 rings (SSSR count). The molecular formula is C20H27N3O3. The summed E-state index contributed by atoms with van der Waals surface area (Å²) >= 11 is 0. The number of piperidine rings is 1. The molecule has 0 spiro atoms. The van der Waals surface area contributed by atoms with Crippen molar-refractivity contribution in [3.63, 3.8) is 0 Å². The number of esters is 1. The van der Waals surface area contributed by atoms with Gasteiger partial charge in [0.2, 0.25) is 0 Å². The quantitative estimate of drug-likeness (QED) is 0.736. The average molecular weight is 357 g/mol. The molecule has 0 saturated carbocycles. The maximum absolute atomic E-state index is 12.8. The molecule has 1 aliphatic heterocycles. The molecule has 0 bridgehead atoms. The Morgan fingerprint density at radius 3 is 2.92 bits per heavy atom. The van der Waals surface area contributed by atoms with Gasteiger partial charge in [-0.05, 0) is 44.9 Å². The Balaban J connectivity index is 1.65. The number of para-hydroxylation sites is 1. The summed E-state index contributed by atoms with van der Waals surface area (Å²) in [5.74, 6) is 1.64. The molecule has 6 heteroatoms. The van der Waals surface area contributed by atoms with E-state index in [-0.39, 0.29) is 5.97 Å². The fourth-order valence-electron chi connectivity index (χ4n) is 3.60. The third-order valence-corrected chi connectivity index (χ3v) is 4.89. The van der Waals surface area contributed by atoms with Gasteiger partial charge in [0.25, 0.3) is 0 Å². The predicted molar refractivity (Wildman–Crippen MR) is 98.7 cm³/mol. The van der Waals surface area contributed by atoms with E-state index in [0.29, 0.717) is 32.7 Å². The SMILES string of the molecule is CCOC(=O)[C@]1(CCOc2ccccc2)CCCN(Cc2ncc[nH]2)C1. The van der Waals surface area contributed by atoms with Crippen LogP contribution in [-0.4, -0.2) is 47.1 Å². The zero-order chi connectivity index (χ0) is 18.2. The second-order valence-corrected chi connectivity index (χ2v) is 6.76. The van der Waals surface area contributed by atoms with E-state index in [9.17, 15) is 4.79 Å². The summed E-state index contributed by atoms with van der Waals surface area (Å²) in [6.07, 6.45) is 6.02. The number of nitrogens with one attached hydrogen (secondary N) is 1. The minimum absolute atomic E-state index is 0.110. The van der Waals surface area contributed by atoms with Crippen LogP contribution in [0.4, 0.5) is 0 Å². The number of carbonyl (C=O) groups is 1. The second kappa shape index (κ2) is 8.85. The van der Waals surface area contributed by atoms with Crippen molar-refractivity contribution in [1.29, 1.82) is 0 Å². The van der Waals surface area contributed by atoms with Crippen LogP contribution in [0, 0.1) is 5.41 Å². The van der Waals surface area contributed by atoms with E-state index < -0.39 is 5.41 Å². The summed E-state index contributed by atoms with van der Waals surface area (Å²) in [7, 11) is 0. The van der Waals surface area contributed by atoms with Crippen LogP contribution >= 0.6 is 0 Å². The first kappa shape index (κ1) is 18.5. The molecule has 0 radical (unpaired) electrons. The first-order valence-corrected chi connectivity index (χ1v) is 9.27. The van der Waals surface area contributed by atoms with Crippen LogP contribution in [-0.2, 0) is 16.1 Å². The second-order valence-electron chi connectivity index (χ2n) is 6.76. The highest BCUT2D eigenvalue weighted by Crippen LogP contribution is 2.35. The summed E-state index contributed by atoms with van der Waals surface area (Å²) in [5.41, 5.74) is -0.518. The largest absolute Gasteiger partial charge is 0.494 e. The van der Waals surface area contributed by atoms with E-state index in [2.05, 4.69) is 14.9 Å². The fraction of sp³-hybridized carbons (Fsp3) is 0.500. The lowest BCUT2D eigenvalue weighted by molar-refractivity contribution is -0.160. The predicted octanol–water partition coefficient (Wildman–Crippen LogP) is 3.02. The highest BCUT2D eigenvalue weighted by molar-refractivity contribution is 5.77. The first-order valence-electron chi connectivity index (χ1n) is 9.27. The molecule has 1 aliphatic rings. The molecule has 1 aromatic carbocycles. The van der Waals surface area contributed by atoms with Gasteiger partial charge < -0.3 is 14.5 Å². The van der Waals surface area contributed by atoms with Gasteiger partial charge in [0, 0.05) is 18.9 Å². The standard InChI is InChI=1S/C20H27N3O3/c1-2-25-19(24)20(10-14-26-17-7-4-3-5-8-17)9-6-13-23(16-20)15-18-21-11-12-22-18/h3-5,7-8,11-12H,2,6,9-10,13-16H2,1H3,(H,21,22)/t20-/m0/s1. The van der Waals surface area contributed by atoms with Crippen molar-refractivity contribution in [2.24, 2.45) is 5.41 Å². The molecule has 6 nitrogen and oxygen atoms in total. The summed E-state index contributed by atoms with van der Waals surface area (Å²) in [6.45, 7) is 5.10. The molecule has 26 heavy (non-hydrogen) atoms. The lowest BCUT2D eigenvalue weighted by Gasteiger charge is -2.40. The van der Waals surface area contributed by atoms with Gasteiger partial charge in [0.05, 0.1) is 25.2 Å². The highest BCUT2D eigenvalue weighted by Gasteiger charge is 2.43. The number of nitrogens with zero attached hydrogens (tertiary/aromatic N) is 2. The molecule has 0 amide bonds. The monoisotopic (exact) mass is 357 g/mol. The minimum Gasteiger partial charge on any atom is -0.494 e. The summed E-state index contributed by atoms with van der Waals surface area (Å²) in [5, 5.41) is 0. The van der Waals surface area contributed by atoms with Crippen molar-refractivity contribution in [2.45, 2.75) is 32.7 Å². The number of likely N-dealkylation sites (tertiary alicyclic amines) is 1. The molecule has 0 unspecified atom stereocenters. The number of rotatable bonds is 8. The van der Waals surface area contributed by atoms with Crippen molar-refractivity contribution < 1.29 is 14.3 Å². The number of aromatic nitrogens is 2. The van der Waals surface area contributed by atoms with E-state index in [1.807, 2.05) is 43.5 Å². The van der Waals surface area contributed by atoms with Gasteiger partial charge in [-0.25, -0.2) is 4.98 Å². The van der Waals surface area contributed by atoms with Crippen LogP contribution in [0.25, 0.3) is 0 Å². The first-order chi connectivity index (χ1) is 12.7. The smallest absolute Gasteiger partial charge is 0.313 e. The third kappa shape index (κ3) is 4.64. The number of H-pyrrole nitrogens is 1. The van der Waals surface area contributed by atoms with Gasteiger partial charge in [-0.3, -0.25) is 9.69 Å². The average Bonchev–Trinajstić information content (AvgIpc) is 3.16. The summed E-state index contributed by atoms with van der Waals surface area (Å²) in [6, 6.07) is 9.72. The highest BCUT2D eigenvalue weighted by atomic mass is 16.5. The van der Waals surface area contributed by atoms with Gasteiger partial charge in [0.1, 0.15) is 11.6 Å². The lowest BCUT2D eigenvalue weighted by atomic mass is 9.77. The molecule has 0 aliphatic carbocycles. The zero-order valence-electron chi connectivity index (χ0n) is 15.3. The van der Waals surface area contributed by atoms with Gasteiger partial charge in [0.15, 0.2) is 0 Å². The normalized spacial score (nSPS) is 20.7. The van der Waals surface area contributed by atoms with E-state index >= 15 is 0 Å². The Bertz CT molecular complexity index is 675. The summed E-state index contributed by atoms with van der Waals surface area (Å²) in [4.78, 5) is 22.5. The van der Waals surface area contributed by atoms with Crippen molar-refractivity contribution in [3.05, 3.63) is 48.5 Å². The molecule has 1 N–H and O–H groups in total. The topological polar surface area (TPSA) is 67.5 Å². The molecule has 1 fully saturated rings. The zero-order valence-corrected chi connectivity index (χ0v) is 15.3. The van der Waals surface area contributed by atoms with Crippen LogP contribution < -0.4 is 4.74 Å². The van der Waals surface area contributed by atoms with E-state index in [1.165, 1.54) is 0 Å². The Morgan fingerprint density at radius 2 is 2.19 bits per heavy atom. The Hall–Kier alpha value is -2.34. The maximum atomic E-state index is 12.8. The maximum Gasteiger partial charge on any atom is 0.313 e. The number of ether oxygens (including phenoxy) is 2. The van der Waals surface area contributed by atoms with Gasteiger partial charge in [-0.15, -0.1) is 0 Å². The molecule has 1 atom stereocenters. The molecular weight excluding hydrogens is 330 g/mol. The van der Waals surface area contributed by atoms with Gasteiger partial charge in [-0.2, -0.15) is 0 Å². The number of hydrogen-bond donors (Lipinski definition) is 1. The van der Waals surface area contributed by atoms with Crippen LogP contribution in [0.3, 0.4) is 0 Å². The Labute approximate surface area is 154 Å². The Kier molecular flexibility index (Phi) is 6.28. The van der Waals surface area contributed by atoms with Crippen LogP contribution in [0.1, 0.15) is 32.0 Å². The number of imidazole rings is 1. The minimum atomic E-state index is -0.518. The fourth-order valence-corrected chi connectivity index (χ4v) is 3.60. The van der Waals surface area contributed by atoms with Crippen LogP contribution in [0.15, 0.2) is 42.7 Å². The summed E-state index contributed by atoms with van der Waals surface area (Å²) < 4.78 is 11.3. The number of benzene rings is 1. The molecule has 2 heterocycles. The van der Waals surface area contributed by atoms with E-state index in [4.69, 9.17) is 9.47 Å². The van der Waals surface area contributed by atoms with Crippen molar-refractivity contribution in [3.8, 4) is 5.75 Å². The van der Waals surface area contributed by atoms with Crippen molar-refractivity contribution >= 4 is 5.97 Å². The van der Waals surface area contributed by atoms with E-state index in [1.54, 1.807) is 6.20 Å². The molecule has 1 aromatic heterocycles. The van der Waals surface area contributed by atoms with Crippen LogP contribution in [0.5, 0.6) is 5.75 Å². The number of carbonyl (C=O) groups excluding carboxylic acids is 1. The molecule has 140 valence electrons. The number of aromatic amines is 1. The molecule has 2 aromatic rings. The lowest BCUT2D eigenvalue weighted by Crippen LogP contribution is -2.49. The van der Waals surface area contributed by atoms with Gasteiger partial charge >= 0.3 is 5.97 Å². The van der Waals surface area contributed by atoms with Gasteiger partial charge in [-0.1, -0.05) is 18.2 Å². The Morgan fingerprint density at radius 1 is 1.35 bits per heavy atom. The molecule has 1 saturated heterocycles. The van der Waals surface area contributed by atoms with Crippen molar-refractivity contribution in [2.75, 3.05) is 26.3 Å². The number of hydrogen-bond acceptors (Lipinski definition) is 5. The van der Waals surface area contributed by atoms with Crippen LogP contribution in [0.2, 0.25) is 0 Å². The third-order valence-electron chi connectivity index (χ3n) is 4.89. The van der Waals surface area contributed by atoms with Crippen molar-refractivity contribution in [1.82, 2.24) is 14.9 Å².